The molecule has 1 unspecified atom stereocenters. The van der Waals surface area contributed by atoms with Crippen LogP contribution >= 0.6 is 0 Å². The summed E-state index contributed by atoms with van der Waals surface area (Å²) < 4.78 is 0. The number of piperidine rings is 1. The van der Waals surface area contributed by atoms with Gasteiger partial charge in [0.05, 0.1) is 5.92 Å². The monoisotopic (exact) mass is 367 g/mol. The third-order valence-electron chi connectivity index (χ3n) is 5.89. The number of likely N-dealkylation sites (tertiary alicyclic amines) is 1. The number of nitrogens with zero attached hydrogens (tertiary/aromatic N) is 2. The van der Waals surface area contributed by atoms with E-state index in [-0.39, 0.29) is 17.7 Å². The summed E-state index contributed by atoms with van der Waals surface area (Å²) >= 11 is 0. The first kappa shape index (κ1) is 18.1. The second kappa shape index (κ2) is 6.70. The van der Waals surface area contributed by atoms with Crippen molar-refractivity contribution in [3.05, 3.63) is 35.5 Å². The SMILES string of the molecule is CC(C)(C)C(=O)N1CCCC(C(=O)N2CCc3[nH]c4ccccc4c3C2)C1. The van der Waals surface area contributed by atoms with Gasteiger partial charge in [-0.1, -0.05) is 39.0 Å². The molecular formula is C22H29N3O2. The van der Waals surface area contributed by atoms with E-state index in [9.17, 15) is 9.59 Å². The summed E-state index contributed by atoms with van der Waals surface area (Å²) in [4.78, 5) is 33.2. The number of nitrogens with one attached hydrogen (secondary N) is 1. The quantitative estimate of drug-likeness (QED) is 0.840. The van der Waals surface area contributed by atoms with Crippen molar-refractivity contribution in [2.24, 2.45) is 11.3 Å². The molecule has 2 amide bonds. The second-order valence-corrected chi connectivity index (χ2v) is 8.98. The van der Waals surface area contributed by atoms with Gasteiger partial charge in [0, 0.05) is 60.2 Å². The van der Waals surface area contributed by atoms with Crippen molar-refractivity contribution in [3.8, 4) is 0 Å². The lowest BCUT2D eigenvalue weighted by molar-refractivity contribution is -0.145. The zero-order chi connectivity index (χ0) is 19.2. The van der Waals surface area contributed by atoms with E-state index in [0.717, 1.165) is 37.9 Å². The van der Waals surface area contributed by atoms with E-state index < -0.39 is 5.41 Å². The molecule has 1 saturated heterocycles. The van der Waals surface area contributed by atoms with Crippen molar-refractivity contribution in [1.29, 1.82) is 0 Å². The van der Waals surface area contributed by atoms with Crippen LogP contribution < -0.4 is 0 Å². The highest BCUT2D eigenvalue weighted by Gasteiger charge is 2.36. The standard InChI is InChI=1S/C22H29N3O2/c1-22(2,3)21(27)25-11-6-7-15(13-25)20(26)24-12-10-19-17(14-24)16-8-4-5-9-18(16)23-19/h4-5,8-9,15,23H,6-7,10-14H2,1-3H3. The maximum absolute atomic E-state index is 13.2. The summed E-state index contributed by atoms with van der Waals surface area (Å²) in [5, 5.41) is 1.22. The first-order chi connectivity index (χ1) is 12.8. The first-order valence-corrected chi connectivity index (χ1v) is 10.0. The van der Waals surface area contributed by atoms with Crippen molar-refractivity contribution >= 4 is 22.7 Å². The summed E-state index contributed by atoms with van der Waals surface area (Å²) in [6, 6.07) is 8.31. The van der Waals surface area contributed by atoms with Gasteiger partial charge in [-0.05, 0) is 18.9 Å². The fourth-order valence-corrected chi connectivity index (χ4v) is 4.45. The highest BCUT2D eigenvalue weighted by molar-refractivity contribution is 5.87. The molecule has 2 aliphatic rings. The van der Waals surface area contributed by atoms with E-state index >= 15 is 0 Å². The number of para-hydroxylation sites is 1. The molecule has 0 bridgehead atoms. The molecule has 27 heavy (non-hydrogen) atoms. The molecule has 1 fully saturated rings. The average molecular weight is 367 g/mol. The second-order valence-electron chi connectivity index (χ2n) is 8.98. The van der Waals surface area contributed by atoms with Crippen LogP contribution in [0.3, 0.4) is 0 Å². The summed E-state index contributed by atoms with van der Waals surface area (Å²) in [7, 11) is 0. The predicted octanol–water partition coefficient (Wildman–Crippen LogP) is 3.34. The first-order valence-electron chi connectivity index (χ1n) is 10.0. The molecule has 1 N–H and O–H groups in total. The maximum Gasteiger partial charge on any atom is 0.227 e. The number of rotatable bonds is 1. The third-order valence-corrected chi connectivity index (χ3v) is 5.89. The average Bonchev–Trinajstić information content (AvgIpc) is 3.04. The van der Waals surface area contributed by atoms with Gasteiger partial charge in [-0.2, -0.15) is 0 Å². The van der Waals surface area contributed by atoms with Crippen LogP contribution in [0.25, 0.3) is 10.9 Å². The number of H-pyrrole nitrogens is 1. The minimum absolute atomic E-state index is 0.0724. The van der Waals surface area contributed by atoms with E-state index in [1.54, 1.807) is 0 Å². The fourth-order valence-electron chi connectivity index (χ4n) is 4.45. The van der Waals surface area contributed by atoms with Crippen LogP contribution in [0.5, 0.6) is 0 Å². The maximum atomic E-state index is 13.2. The largest absolute Gasteiger partial charge is 0.358 e. The van der Waals surface area contributed by atoms with E-state index in [2.05, 4.69) is 17.1 Å². The van der Waals surface area contributed by atoms with E-state index in [1.165, 1.54) is 16.6 Å². The number of aromatic nitrogens is 1. The number of carbonyl (C=O) groups is 2. The Hall–Kier alpha value is -2.30. The Morgan fingerprint density at radius 1 is 1.11 bits per heavy atom. The van der Waals surface area contributed by atoms with Crippen LogP contribution in [0.1, 0.15) is 44.9 Å². The molecule has 0 radical (unpaired) electrons. The van der Waals surface area contributed by atoms with E-state index in [1.807, 2.05) is 42.7 Å². The smallest absolute Gasteiger partial charge is 0.227 e. The lowest BCUT2D eigenvalue weighted by Gasteiger charge is -2.38. The molecule has 5 heteroatoms. The Morgan fingerprint density at radius 2 is 1.89 bits per heavy atom. The minimum Gasteiger partial charge on any atom is -0.358 e. The van der Waals surface area contributed by atoms with Gasteiger partial charge in [0.1, 0.15) is 0 Å². The summed E-state index contributed by atoms with van der Waals surface area (Å²) in [5.41, 5.74) is 3.27. The highest BCUT2D eigenvalue weighted by atomic mass is 16.2. The van der Waals surface area contributed by atoms with Crippen LogP contribution in [0.15, 0.2) is 24.3 Å². The lowest BCUT2D eigenvalue weighted by Crippen LogP contribution is -2.50. The summed E-state index contributed by atoms with van der Waals surface area (Å²) in [5.74, 6) is 0.284. The molecule has 2 aliphatic heterocycles. The Morgan fingerprint density at radius 3 is 2.67 bits per heavy atom. The Balaban J connectivity index is 1.49. The number of benzene rings is 1. The summed E-state index contributed by atoms with van der Waals surface area (Å²) in [6.45, 7) is 8.60. The van der Waals surface area contributed by atoms with Gasteiger partial charge in [-0.25, -0.2) is 0 Å². The molecule has 144 valence electrons. The van der Waals surface area contributed by atoms with Crippen molar-refractivity contribution in [3.63, 3.8) is 0 Å². The van der Waals surface area contributed by atoms with Crippen molar-refractivity contribution in [1.82, 2.24) is 14.8 Å². The zero-order valence-corrected chi connectivity index (χ0v) is 16.5. The van der Waals surface area contributed by atoms with Crippen molar-refractivity contribution < 1.29 is 9.59 Å². The molecule has 1 aromatic carbocycles. The molecule has 1 aromatic heterocycles. The Bertz CT molecular complexity index is 877. The molecule has 1 atom stereocenters. The van der Waals surface area contributed by atoms with Gasteiger partial charge in [0.2, 0.25) is 11.8 Å². The molecule has 3 heterocycles. The van der Waals surface area contributed by atoms with E-state index in [0.29, 0.717) is 13.1 Å². The lowest BCUT2D eigenvalue weighted by atomic mass is 9.90. The topological polar surface area (TPSA) is 56.4 Å². The molecule has 4 rings (SSSR count). The van der Waals surface area contributed by atoms with Crippen LogP contribution in [-0.4, -0.2) is 46.2 Å². The Kier molecular flexibility index (Phi) is 4.49. The molecule has 0 aliphatic carbocycles. The highest BCUT2D eigenvalue weighted by Crippen LogP contribution is 2.30. The van der Waals surface area contributed by atoms with Gasteiger partial charge in [-0.15, -0.1) is 0 Å². The summed E-state index contributed by atoms with van der Waals surface area (Å²) in [6.07, 6.45) is 2.65. The fraction of sp³-hybridized carbons (Fsp3) is 0.545. The van der Waals surface area contributed by atoms with Crippen LogP contribution in [0.2, 0.25) is 0 Å². The van der Waals surface area contributed by atoms with Gasteiger partial charge in [0.15, 0.2) is 0 Å². The zero-order valence-electron chi connectivity index (χ0n) is 16.5. The molecular weight excluding hydrogens is 338 g/mol. The van der Waals surface area contributed by atoms with Gasteiger partial charge >= 0.3 is 0 Å². The van der Waals surface area contributed by atoms with Crippen LogP contribution in [-0.2, 0) is 22.6 Å². The van der Waals surface area contributed by atoms with Gasteiger partial charge in [0.25, 0.3) is 0 Å². The Labute approximate surface area is 160 Å². The van der Waals surface area contributed by atoms with Gasteiger partial charge in [-0.3, -0.25) is 9.59 Å². The number of fused-ring (bicyclic) bond motifs is 3. The molecule has 0 saturated carbocycles. The van der Waals surface area contributed by atoms with Crippen molar-refractivity contribution in [2.75, 3.05) is 19.6 Å². The predicted molar refractivity (Wildman–Crippen MR) is 106 cm³/mol. The molecule has 2 aromatic rings. The number of aromatic amines is 1. The van der Waals surface area contributed by atoms with Crippen molar-refractivity contribution in [2.45, 2.75) is 46.6 Å². The molecule has 5 nitrogen and oxygen atoms in total. The number of amides is 2. The number of hydrogen-bond donors (Lipinski definition) is 1. The minimum atomic E-state index is -0.394. The van der Waals surface area contributed by atoms with Gasteiger partial charge < -0.3 is 14.8 Å². The van der Waals surface area contributed by atoms with Crippen LogP contribution in [0.4, 0.5) is 0 Å². The third kappa shape index (κ3) is 3.35. The van der Waals surface area contributed by atoms with E-state index in [4.69, 9.17) is 0 Å². The molecule has 0 spiro atoms. The van der Waals surface area contributed by atoms with Crippen LogP contribution in [0, 0.1) is 11.3 Å². The number of carbonyl (C=O) groups excluding carboxylic acids is 2. The normalized spacial score (nSPS) is 20.6. The number of hydrogen-bond acceptors (Lipinski definition) is 2.